The van der Waals surface area contributed by atoms with Crippen molar-refractivity contribution >= 4 is 0 Å². The predicted octanol–water partition coefficient (Wildman–Crippen LogP) is 1.09. The van der Waals surface area contributed by atoms with Crippen LogP contribution < -0.4 is 0 Å². The van der Waals surface area contributed by atoms with Gasteiger partial charge in [0.1, 0.15) is 0 Å². The highest BCUT2D eigenvalue weighted by atomic mass is 16.6. The molecule has 1 saturated heterocycles. The molecule has 1 fully saturated rings. The molecule has 0 N–H and O–H groups in total. The Labute approximate surface area is 72.3 Å². The Morgan fingerprint density at radius 2 is 2.00 bits per heavy atom. The highest BCUT2D eigenvalue weighted by molar-refractivity contribution is 5.02. The summed E-state index contributed by atoms with van der Waals surface area (Å²) in [7, 11) is 0. The van der Waals surface area contributed by atoms with Crippen molar-refractivity contribution in [3.63, 3.8) is 0 Å². The zero-order valence-electron chi connectivity index (χ0n) is 6.98. The van der Waals surface area contributed by atoms with Gasteiger partial charge < -0.3 is 14.4 Å². The standard InChI is InChI=1S/C9H13NO2/c1-2-4-10(5-3-1)9-8-11-6-7-12-9/h2-5,9H,1,6-8H2. The van der Waals surface area contributed by atoms with E-state index in [1.807, 2.05) is 17.3 Å². The summed E-state index contributed by atoms with van der Waals surface area (Å²) in [5.41, 5.74) is 0. The Morgan fingerprint density at radius 3 is 2.67 bits per heavy atom. The molecule has 2 aliphatic heterocycles. The van der Waals surface area contributed by atoms with Gasteiger partial charge in [0.15, 0.2) is 6.23 Å². The molecule has 0 radical (unpaired) electrons. The highest BCUT2D eigenvalue weighted by Crippen LogP contribution is 2.11. The number of nitrogens with zero attached hydrogens (tertiary/aromatic N) is 1. The molecule has 1 atom stereocenters. The van der Waals surface area contributed by atoms with Crippen molar-refractivity contribution in [2.45, 2.75) is 12.6 Å². The lowest BCUT2D eigenvalue weighted by molar-refractivity contribution is -0.130. The van der Waals surface area contributed by atoms with Gasteiger partial charge in [-0.25, -0.2) is 0 Å². The van der Waals surface area contributed by atoms with Crippen molar-refractivity contribution in [1.29, 1.82) is 0 Å². The molecule has 0 aromatic heterocycles. The Kier molecular flexibility index (Phi) is 2.44. The molecular weight excluding hydrogens is 154 g/mol. The van der Waals surface area contributed by atoms with E-state index >= 15 is 0 Å². The van der Waals surface area contributed by atoms with Crippen molar-refractivity contribution in [2.75, 3.05) is 19.8 Å². The Bertz CT molecular complexity index is 183. The quantitative estimate of drug-likeness (QED) is 0.583. The summed E-state index contributed by atoms with van der Waals surface area (Å²) in [6, 6.07) is 0. The molecule has 12 heavy (non-hydrogen) atoms. The van der Waals surface area contributed by atoms with Gasteiger partial charge in [-0.1, -0.05) is 12.2 Å². The van der Waals surface area contributed by atoms with Crippen molar-refractivity contribution in [3.05, 3.63) is 24.6 Å². The third-order valence-corrected chi connectivity index (χ3v) is 1.96. The minimum atomic E-state index is 0.0755. The lowest BCUT2D eigenvalue weighted by atomic mass is 10.3. The van der Waals surface area contributed by atoms with Crippen molar-refractivity contribution in [2.24, 2.45) is 0 Å². The lowest BCUT2D eigenvalue weighted by Crippen LogP contribution is -2.39. The van der Waals surface area contributed by atoms with Crippen molar-refractivity contribution in [1.82, 2.24) is 4.90 Å². The maximum Gasteiger partial charge on any atom is 0.157 e. The highest BCUT2D eigenvalue weighted by Gasteiger charge is 2.18. The van der Waals surface area contributed by atoms with Gasteiger partial charge in [-0.05, 0) is 6.42 Å². The lowest BCUT2D eigenvalue weighted by Gasteiger charge is -2.31. The molecule has 3 heteroatoms. The van der Waals surface area contributed by atoms with Gasteiger partial charge >= 0.3 is 0 Å². The number of hydrogen-bond acceptors (Lipinski definition) is 3. The molecule has 0 amide bonds. The molecule has 3 nitrogen and oxygen atoms in total. The van der Waals surface area contributed by atoms with Crippen LogP contribution in [0.4, 0.5) is 0 Å². The zero-order valence-corrected chi connectivity index (χ0v) is 6.98. The molecule has 0 aromatic rings. The third kappa shape index (κ3) is 1.68. The average molecular weight is 167 g/mol. The molecule has 0 aromatic carbocycles. The van der Waals surface area contributed by atoms with E-state index in [1.165, 1.54) is 0 Å². The van der Waals surface area contributed by atoms with Crippen LogP contribution in [0, 0.1) is 0 Å². The number of allylic oxidation sites excluding steroid dienone is 2. The summed E-state index contributed by atoms with van der Waals surface area (Å²) >= 11 is 0. The van der Waals surface area contributed by atoms with E-state index in [4.69, 9.17) is 9.47 Å². The molecule has 2 heterocycles. The second kappa shape index (κ2) is 3.74. The fraction of sp³-hybridized carbons (Fsp3) is 0.556. The average Bonchev–Trinajstić information content (AvgIpc) is 2.21. The predicted molar refractivity (Wildman–Crippen MR) is 45.3 cm³/mol. The first kappa shape index (κ1) is 7.83. The van der Waals surface area contributed by atoms with Gasteiger partial charge in [0.05, 0.1) is 19.8 Å². The van der Waals surface area contributed by atoms with Crippen LogP contribution in [0.25, 0.3) is 0 Å². The first-order valence-electron chi connectivity index (χ1n) is 4.27. The van der Waals surface area contributed by atoms with Crippen LogP contribution in [0.15, 0.2) is 24.6 Å². The molecule has 66 valence electrons. The van der Waals surface area contributed by atoms with Crippen LogP contribution in [-0.2, 0) is 9.47 Å². The van der Waals surface area contributed by atoms with E-state index in [0.29, 0.717) is 13.2 Å². The zero-order chi connectivity index (χ0) is 8.23. The van der Waals surface area contributed by atoms with Gasteiger partial charge in [0.25, 0.3) is 0 Å². The van der Waals surface area contributed by atoms with Gasteiger partial charge in [0.2, 0.25) is 0 Å². The van der Waals surface area contributed by atoms with Crippen LogP contribution >= 0.6 is 0 Å². The Hall–Kier alpha value is -0.800. The van der Waals surface area contributed by atoms with Crippen LogP contribution in [0.5, 0.6) is 0 Å². The van der Waals surface area contributed by atoms with E-state index in [9.17, 15) is 0 Å². The fourth-order valence-electron chi connectivity index (χ4n) is 1.33. The van der Waals surface area contributed by atoms with E-state index in [2.05, 4.69) is 12.2 Å². The topological polar surface area (TPSA) is 21.7 Å². The molecule has 0 spiro atoms. The number of rotatable bonds is 1. The molecule has 0 aliphatic carbocycles. The fourth-order valence-corrected chi connectivity index (χ4v) is 1.33. The van der Waals surface area contributed by atoms with E-state index in [0.717, 1.165) is 13.0 Å². The Morgan fingerprint density at radius 1 is 1.17 bits per heavy atom. The Balaban J connectivity index is 1.93. The smallest absolute Gasteiger partial charge is 0.157 e. The molecule has 0 saturated carbocycles. The van der Waals surface area contributed by atoms with Crippen molar-refractivity contribution in [3.8, 4) is 0 Å². The molecule has 1 unspecified atom stereocenters. The first-order chi connectivity index (χ1) is 5.97. The maximum atomic E-state index is 5.52. The second-order valence-corrected chi connectivity index (χ2v) is 2.85. The molecule has 2 rings (SSSR count). The summed E-state index contributed by atoms with van der Waals surface area (Å²) in [6.45, 7) is 2.08. The number of hydrogen-bond donors (Lipinski definition) is 0. The summed E-state index contributed by atoms with van der Waals surface area (Å²) in [6.07, 6.45) is 9.39. The van der Waals surface area contributed by atoms with E-state index in [1.54, 1.807) is 0 Å². The first-order valence-corrected chi connectivity index (χ1v) is 4.27. The summed E-state index contributed by atoms with van der Waals surface area (Å²) in [4.78, 5) is 2.04. The summed E-state index contributed by atoms with van der Waals surface area (Å²) in [5.74, 6) is 0. The van der Waals surface area contributed by atoms with Gasteiger partial charge in [0, 0.05) is 12.4 Å². The third-order valence-electron chi connectivity index (χ3n) is 1.96. The summed E-state index contributed by atoms with van der Waals surface area (Å²) in [5, 5.41) is 0. The monoisotopic (exact) mass is 167 g/mol. The minimum Gasteiger partial charge on any atom is -0.374 e. The van der Waals surface area contributed by atoms with E-state index < -0.39 is 0 Å². The van der Waals surface area contributed by atoms with Gasteiger partial charge in [-0.15, -0.1) is 0 Å². The largest absolute Gasteiger partial charge is 0.374 e. The van der Waals surface area contributed by atoms with Gasteiger partial charge in [-0.2, -0.15) is 0 Å². The van der Waals surface area contributed by atoms with E-state index in [-0.39, 0.29) is 6.23 Å². The van der Waals surface area contributed by atoms with Crippen LogP contribution in [0.1, 0.15) is 6.42 Å². The molecule has 0 bridgehead atoms. The van der Waals surface area contributed by atoms with Crippen LogP contribution in [-0.4, -0.2) is 30.9 Å². The molecular formula is C9H13NO2. The normalized spacial score (nSPS) is 29.3. The van der Waals surface area contributed by atoms with Crippen molar-refractivity contribution < 1.29 is 9.47 Å². The number of ether oxygens (including phenoxy) is 2. The SMILES string of the molecule is C1=CN(C2COCCO2)C=CC1. The maximum absolute atomic E-state index is 5.52. The molecule has 2 aliphatic rings. The van der Waals surface area contributed by atoms with Crippen LogP contribution in [0.2, 0.25) is 0 Å². The van der Waals surface area contributed by atoms with Gasteiger partial charge in [-0.3, -0.25) is 0 Å². The van der Waals surface area contributed by atoms with Crippen LogP contribution in [0.3, 0.4) is 0 Å². The minimum absolute atomic E-state index is 0.0755. The second-order valence-electron chi connectivity index (χ2n) is 2.85. The summed E-state index contributed by atoms with van der Waals surface area (Å²) < 4.78 is 10.8.